The van der Waals surface area contributed by atoms with Gasteiger partial charge in [0.15, 0.2) is 0 Å². The highest BCUT2D eigenvalue weighted by Gasteiger charge is 2.05. The van der Waals surface area contributed by atoms with Crippen LogP contribution in [0, 0.1) is 12.7 Å². The first-order valence-electron chi connectivity index (χ1n) is 9.79. The summed E-state index contributed by atoms with van der Waals surface area (Å²) in [5.41, 5.74) is 5.56. The van der Waals surface area contributed by atoms with Crippen molar-refractivity contribution in [2.45, 2.75) is 26.2 Å². The minimum Gasteiger partial charge on any atom is -0.206 e. The molecular weight excluding hydrogens is 359 g/mol. The molecule has 0 saturated carbocycles. The van der Waals surface area contributed by atoms with E-state index in [0.29, 0.717) is 11.1 Å². The predicted octanol–water partition coefficient (Wildman–Crippen LogP) is 6.76. The van der Waals surface area contributed by atoms with Gasteiger partial charge in [-0.25, -0.2) is 4.39 Å². The van der Waals surface area contributed by atoms with Crippen molar-refractivity contribution in [1.29, 1.82) is 0 Å². The molecule has 2 nitrogen and oxygen atoms in total. The maximum absolute atomic E-state index is 14.5. The number of rotatable bonds is 8. The van der Waals surface area contributed by atoms with E-state index in [0.717, 1.165) is 36.0 Å². The van der Waals surface area contributed by atoms with Gasteiger partial charge in [-0.1, -0.05) is 72.3 Å². The van der Waals surface area contributed by atoms with Crippen molar-refractivity contribution >= 4 is 12.4 Å². The average molecular weight is 384 g/mol. The number of unbranched alkanes of at least 4 members (excludes halogenated alkanes) is 1. The zero-order valence-corrected chi connectivity index (χ0v) is 16.7. The fourth-order valence-electron chi connectivity index (χ4n) is 3.10. The quantitative estimate of drug-likeness (QED) is 0.177. The second-order valence-corrected chi connectivity index (χ2v) is 6.97. The van der Waals surface area contributed by atoms with Gasteiger partial charge >= 0.3 is 0 Å². The summed E-state index contributed by atoms with van der Waals surface area (Å²) in [5.74, 6) is -0.269. The van der Waals surface area contributed by atoms with Gasteiger partial charge in [0.25, 0.3) is 0 Å². The third-order valence-electron chi connectivity index (χ3n) is 4.74. The Morgan fingerprint density at radius 2 is 1.69 bits per heavy atom. The Labute approximate surface area is 172 Å². The fourth-order valence-corrected chi connectivity index (χ4v) is 3.10. The molecule has 0 amide bonds. The molecule has 0 bridgehead atoms. The molecule has 0 atom stereocenters. The first-order valence-corrected chi connectivity index (χ1v) is 9.79. The molecule has 146 valence electrons. The van der Waals surface area contributed by atoms with Crippen molar-refractivity contribution in [3.8, 4) is 11.1 Å². The molecule has 0 N–H and O–H groups in total. The third kappa shape index (κ3) is 5.82. The zero-order valence-electron chi connectivity index (χ0n) is 16.7. The lowest BCUT2D eigenvalue weighted by molar-refractivity contribution is 0.631. The first-order chi connectivity index (χ1) is 14.2. The largest absolute Gasteiger partial charge is 0.206 e. The van der Waals surface area contributed by atoms with Gasteiger partial charge < -0.3 is 0 Å². The maximum Gasteiger partial charge on any atom is 0.131 e. The van der Waals surface area contributed by atoms with Crippen LogP contribution in [0.2, 0.25) is 0 Å². The van der Waals surface area contributed by atoms with Gasteiger partial charge in [0, 0.05) is 5.56 Å². The van der Waals surface area contributed by atoms with Crippen LogP contribution in [-0.4, -0.2) is 12.4 Å². The molecule has 0 fully saturated rings. The summed E-state index contributed by atoms with van der Waals surface area (Å²) in [4.78, 5) is 0. The number of hydrogen-bond acceptors (Lipinski definition) is 2. The van der Waals surface area contributed by atoms with Gasteiger partial charge in [0.05, 0.1) is 12.4 Å². The Bertz CT molecular complexity index is 1020. The molecule has 29 heavy (non-hydrogen) atoms. The van der Waals surface area contributed by atoms with E-state index in [9.17, 15) is 4.39 Å². The lowest BCUT2D eigenvalue weighted by atomic mass is 10.0. The molecule has 0 spiro atoms. The monoisotopic (exact) mass is 384 g/mol. The van der Waals surface area contributed by atoms with E-state index in [1.807, 2.05) is 61.5 Å². The van der Waals surface area contributed by atoms with Gasteiger partial charge in [-0.3, -0.25) is 0 Å². The van der Waals surface area contributed by atoms with Crippen molar-refractivity contribution in [1.82, 2.24) is 0 Å². The third-order valence-corrected chi connectivity index (χ3v) is 4.74. The van der Waals surface area contributed by atoms with Crippen molar-refractivity contribution in [2.24, 2.45) is 10.2 Å². The van der Waals surface area contributed by atoms with Crippen LogP contribution in [0.4, 0.5) is 4.39 Å². The summed E-state index contributed by atoms with van der Waals surface area (Å²) in [6.07, 6.45) is 8.28. The fraction of sp³-hybridized carbons (Fsp3) is 0.154. The zero-order chi connectivity index (χ0) is 20.5. The molecule has 0 aliphatic heterocycles. The van der Waals surface area contributed by atoms with Crippen LogP contribution < -0.4 is 0 Å². The molecule has 3 aromatic rings. The van der Waals surface area contributed by atoms with Crippen LogP contribution in [0.5, 0.6) is 0 Å². The molecule has 3 aromatic carbocycles. The lowest BCUT2D eigenvalue weighted by Gasteiger charge is -2.05. The molecule has 0 aliphatic carbocycles. The SMILES string of the molecule is C=CCCCc1ccccc1C=NN=Cc1ccc(-c2ccc(C)cc2)c(F)c1. The van der Waals surface area contributed by atoms with E-state index in [4.69, 9.17) is 0 Å². The molecule has 0 heterocycles. The Kier molecular flexibility index (Phi) is 7.23. The van der Waals surface area contributed by atoms with Crippen LogP contribution in [-0.2, 0) is 6.42 Å². The van der Waals surface area contributed by atoms with Crippen molar-refractivity contribution in [3.63, 3.8) is 0 Å². The van der Waals surface area contributed by atoms with Crippen molar-refractivity contribution < 1.29 is 4.39 Å². The highest BCUT2D eigenvalue weighted by molar-refractivity contribution is 5.84. The van der Waals surface area contributed by atoms with Crippen LogP contribution in [0.1, 0.15) is 35.1 Å². The van der Waals surface area contributed by atoms with Crippen LogP contribution in [0.3, 0.4) is 0 Å². The molecule has 0 unspecified atom stereocenters. The van der Waals surface area contributed by atoms with Gasteiger partial charge in [-0.15, -0.1) is 6.58 Å². The molecular formula is C26H25FN2. The molecule has 0 saturated heterocycles. The van der Waals surface area contributed by atoms with Crippen LogP contribution in [0.15, 0.2) is 89.6 Å². The number of hydrogen-bond donors (Lipinski definition) is 0. The summed E-state index contributed by atoms with van der Waals surface area (Å²) in [6.45, 7) is 5.78. The molecule has 0 aromatic heterocycles. The van der Waals surface area contributed by atoms with Gasteiger partial charge in [0.1, 0.15) is 5.82 Å². The van der Waals surface area contributed by atoms with Gasteiger partial charge in [-0.2, -0.15) is 10.2 Å². The normalized spacial score (nSPS) is 11.4. The predicted molar refractivity (Wildman–Crippen MR) is 121 cm³/mol. The van der Waals surface area contributed by atoms with Crippen molar-refractivity contribution in [2.75, 3.05) is 0 Å². The Balaban J connectivity index is 1.68. The minimum atomic E-state index is -0.269. The highest BCUT2D eigenvalue weighted by atomic mass is 19.1. The van der Waals surface area contributed by atoms with Crippen molar-refractivity contribution in [3.05, 3.63) is 107 Å². The van der Waals surface area contributed by atoms with E-state index in [2.05, 4.69) is 22.8 Å². The smallest absolute Gasteiger partial charge is 0.131 e. The standard InChI is InChI=1S/C26H25FN2/c1-3-4-5-8-22-9-6-7-10-24(22)19-29-28-18-21-13-16-25(26(27)17-21)23-14-11-20(2)12-15-23/h3,6-7,9-19H,1,4-5,8H2,2H3. The first kappa shape index (κ1) is 20.4. The Morgan fingerprint density at radius 3 is 2.45 bits per heavy atom. The van der Waals surface area contributed by atoms with E-state index in [-0.39, 0.29) is 5.82 Å². The Hall–Kier alpha value is -3.33. The maximum atomic E-state index is 14.5. The molecule has 3 heteroatoms. The lowest BCUT2D eigenvalue weighted by Crippen LogP contribution is -1.93. The number of halogens is 1. The average Bonchev–Trinajstić information content (AvgIpc) is 2.73. The number of nitrogens with zero attached hydrogens (tertiary/aromatic N) is 2. The second kappa shape index (κ2) is 10.3. The summed E-state index contributed by atoms with van der Waals surface area (Å²) in [5, 5.41) is 8.24. The van der Waals surface area contributed by atoms with E-state index in [1.165, 1.54) is 11.6 Å². The number of allylic oxidation sites excluding steroid dienone is 1. The Morgan fingerprint density at radius 1 is 0.931 bits per heavy atom. The summed E-state index contributed by atoms with van der Waals surface area (Å²) < 4.78 is 14.5. The molecule has 0 radical (unpaired) electrons. The second-order valence-electron chi connectivity index (χ2n) is 6.97. The van der Waals surface area contributed by atoms with Crippen LogP contribution in [0.25, 0.3) is 11.1 Å². The minimum absolute atomic E-state index is 0.269. The van der Waals surface area contributed by atoms with Crippen LogP contribution >= 0.6 is 0 Å². The topological polar surface area (TPSA) is 24.7 Å². The van der Waals surface area contributed by atoms with E-state index >= 15 is 0 Å². The van der Waals surface area contributed by atoms with Gasteiger partial charge in [0.2, 0.25) is 0 Å². The van der Waals surface area contributed by atoms with Gasteiger partial charge in [-0.05, 0) is 54.5 Å². The van der Waals surface area contributed by atoms with E-state index < -0.39 is 0 Å². The summed E-state index contributed by atoms with van der Waals surface area (Å²) >= 11 is 0. The van der Waals surface area contributed by atoms with E-state index in [1.54, 1.807) is 18.5 Å². The number of benzene rings is 3. The molecule has 3 rings (SSSR count). The summed E-state index contributed by atoms with van der Waals surface area (Å²) in [7, 11) is 0. The number of aryl methyl sites for hydroxylation is 2. The summed E-state index contributed by atoms with van der Waals surface area (Å²) in [6, 6.07) is 21.1. The molecule has 0 aliphatic rings. The highest BCUT2D eigenvalue weighted by Crippen LogP contribution is 2.23.